The van der Waals surface area contributed by atoms with Crippen molar-refractivity contribution in [1.29, 1.82) is 0 Å². The first-order valence-corrected chi connectivity index (χ1v) is 16.0. The zero-order chi connectivity index (χ0) is 33.7. The molecule has 0 saturated carbocycles. The summed E-state index contributed by atoms with van der Waals surface area (Å²) in [5.74, 6) is -0.535. The molecule has 2 aliphatic rings. The fourth-order valence-corrected chi connectivity index (χ4v) is 6.19. The number of nitrogens with zero attached hydrogens (tertiary/aromatic N) is 4. The molecule has 2 saturated heterocycles. The van der Waals surface area contributed by atoms with Crippen molar-refractivity contribution in [1.82, 2.24) is 20.1 Å². The Labute approximate surface area is 275 Å². The maximum absolute atomic E-state index is 13.9. The predicted octanol–water partition coefficient (Wildman–Crippen LogP) is 5.49. The van der Waals surface area contributed by atoms with E-state index in [1.807, 2.05) is 54.6 Å². The average Bonchev–Trinajstić information content (AvgIpc) is 3.07. The molecule has 0 aliphatic carbocycles. The second-order valence-corrected chi connectivity index (χ2v) is 12.9. The van der Waals surface area contributed by atoms with Gasteiger partial charge in [0.25, 0.3) is 0 Å². The normalized spacial score (nSPS) is 19.4. The maximum atomic E-state index is 13.9. The van der Waals surface area contributed by atoms with Crippen molar-refractivity contribution in [2.75, 3.05) is 25.6 Å². The zero-order valence-corrected chi connectivity index (χ0v) is 27.6. The number of hydrogen-bond donors (Lipinski definition) is 1. The number of methoxy groups -OCH3 is 1. The molecule has 3 aromatic rings. The molecule has 1 N–H and O–H groups in total. The van der Waals surface area contributed by atoms with Gasteiger partial charge in [-0.25, -0.2) is 14.6 Å². The lowest BCUT2D eigenvalue weighted by Gasteiger charge is -2.48. The highest BCUT2D eigenvalue weighted by Gasteiger charge is 2.55. The van der Waals surface area contributed by atoms with Gasteiger partial charge < -0.3 is 19.7 Å². The molecule has 248 valence electrons. The quantitative estimate of drug-likeness (QED) is 0.323. The summed E-state index contributed by atoms with van der Waals surface area (Å²) in [6.45, 7) is 6.07. The van der Waals surface area contributed by atoms with E-state index in [-0.39, 0.29) is 19.0 Å². The summed E-state index contributed by atoms with van der Waals surface area (Å²) in [5, 5.41) is 2.64. The largest absolute Gasteiger partial charge is 0.497 e. The van der Waals surface area contributed by atoms with Crippen LogP contribution in [-0.2, 0) is 27.3 Å². The van der Waals surface area contributed by atoms with E-state index >= 15 is 0 Å². The maximum Gasteiger partial charge on any atom is 0.416 e. The van der Waals surface area contributed by atoms with Crippen LogP contribution in [0.3, 0.4) is 0 Å². The first kappa shape index (κ1) is 33.4. The molecule has 1 unspecified atom stereocenters. The number of anilines is 1. The van der Waals surface area contributed by atoms with Crippen LogP contribution < -0.4 is 15.0 Å². The number of carbonyl (C=O) groups is 4. The van der Waals surface area contributed by atoms with Gasteiger partial charge in [-0.3, -0.25) is 19.4 Å². The van der Waals surface area contributed by atoms with Gasteiger partial charge in [-0.15, -0.1) is 0 Å². The molecule has 47 heavy (non-hydrogen) atoms. The van der Waals surface area contributed by atoms with Crippen LogP contribution in [-0.4, -0.2) is 71.1 Å². The van der Waals surface area contributed by atoms with Gasteiger partial charge >= 0.3 is 12.1 Å². The minimum absolute atomic E-state index is 0.165. The number of piperidine rings is 1. The van der Waals surface area contributed by atoms with E-state index in [4.69, 9.17) is 9.47 Å². The molecular formula is C36H43N5O6. The predicted molar refractivity (Wildman–Crippen MR) is 177 cm³/mol. The number of rotatable bonds is 8. The van der Waals surface area contributed by atoms with Crippen molar-refractivity contribution in [3.8, 4) is 5.75 Å². The molecule has 5 amide bonds. The van der Waals surface area contributed by atoms with Crippen LogP contribution in [0.1, 0.15) is 62.8 Å². The van der Waals surface area contributed by atoms with Crippen LogP contribution in [0.4, 0.5) is 15.4 Å². The van der Waals surface area contributed by atoms with Gasteiger partial charge in [-0.05, 0) is 87.4 Å². The van der Waals surface area contributed by atoms with Gasteiger partial charge in [0.05, 0.1) is 25.6 Å². The smallest absolute Gasteiger partial charge is 0.416 e. The number of ether oxygens (including phenoxy) is 2. The van der Waals surface area contributed by atoms with Crippen LogP contribution in [0.25, 0.3) is 0 Å². The highest BCUT2D eigenvalue weighted by Crippen LogP contribution is 2.37. The monoisotopic (exact) mass is 641 g/mol. The number of urea groups is 1. The molecule has 11 nitrogen and oxygen atoms in total. The number of aromatic nitrogens is 1. The molecule has 1 aromatic heterocycles. The number of pyridine rings is 1. The number of benzene rings is 2. The Bertz CT molecular complexity index is 1590. The molecular weight excluding hydrogens is 598 g/mol. The highest BCUT2D eigenvalue weighted by atomic mass is 16.6. The molecule has 5 rings (SSSR count). The number of hydrogen-bond acceptors (Lipinski definition) is 7. The first-order valence-electron chi connectivity index (χ1n) is 16.0. The zero-order valence-electron chi connectivity index (χ0n) is 27.6. The van der Waals surface area contributed by atoms with E-state index in [1.165, 1.54) is 11.9 Å². The fraction of sp³-hybridized carbons (Fsp3) is 0.417. The molecule has 2 fully saturated rings. The van der Waals surface area contributed by atoms with Gasteiger partial charge in [0.1, 0.15) is 23.2 Å². The van der Waals surface area contributed by atoms with E-state index in [1.54, 1.807) is 51.1 Å². The van der Waals surface area contributed by atoms with E-state index in [0.717, 1.165) is 35.3 Å². The van der Waals surface area contributed by atoms with E-state index in [9.17, 15) is 19.2 Å². The summed E-state index contributed by atoms with van der Waals surface area (Å²) in [5.41, 5.74) is 1.79. The van der Waals surface area contributed by atoms with Crippen molar-refractivity contribution < 1.29 is 28.7 Å². The fourth-order valence-electron chi connectivity index (χ4n) is 6.19. The molecule has 3 atom stereocenters. The average molecular weight is 642 g/mol. The van der Waals surface area contributed by atoms with E-state index in [2.05, 4.69) is 10.3 Å². The molecule has 2 aromatic carbocycles. The van der Waals surface area contributed by atoms with Gasteiger partial charge in [-0.2, -0.15) is 0 Å². The summed E-state index contributed by atoms with van der Waals surface area (Å²) in [4.78, 5) is 62.9. The molecule has 0 spiro atoms. The van der Waals surface area contributed by atoms with Gasteiger partial charge in [0.2, 0.25) is 11.8 Å². The van der Waals surface area contributed by atoms with Crippen molar-refractivity contribution in [2.24, 2.45) is 5.92 Å². The number of imide groups is 1. The minimum atomic E-state index is -0.962. The second kappa shape index (κ2) is 14.2. The lowest BCUT2D eigenvalue weighted by atomic mass is 9.81. The molecule has 0 radical (unpaired) electrons. The molecule has 11 heteroatoms. The highest BCUT2D eigenvalue weighted by molar-refractivity contribution is 6.09. The third-order valence-electron chi connectivity index (χ3n) is 8.52. The van der Waals surface area contributed by atoms with Gasteiger partial charge in [0.15, 0.2) is 0 Å². The SMILES string of the molecule is CNC(=O)[C@@H]1[C@@H](Cc2ccnc(N(Cc3ccc(OC)cc3)C(=O)OC(C)(C)C)c2)C(=O)N1C(=O)N1CCCCC1c1ccccc1. The number of amides is 5. The van der Waals surface area contributed by atoms with Crippen molar-refractivity contribution >= 4 is 29.8 Å². The standard InChI is InChI=1S/C36H43N5O6/c1-36(2,3)47-35(45)40(23-24-14-16-27(46-5)17-15-24)30-22-25(18-19-38-30)21-28-31(32(42)37-4)41(33(28)43)34(44)39-20-10-9-13-29(39)26-11-7-6-8-12-26/h6-8,11-12,14-19,22,28-29,31H,9-10,13,20-21,23H2,1-5H3,(H,37,42)/t28-,29?,31+/m1/s1. The number of carbonyl (C=O) groups excluding carboxylic acids is 4. The number of likely N-dealkylation sites (N-methyl/N-ethyl adjacent to an activating group) is 1. The van der Waals surface area contributed by atoms with E-state index in [0.29, 0.717) is 23.7 Å². The summed E-state index contributed by atoms with van der Waals surface area (Å²) < 4.78 is 11.0. The second-order valence-electron chi connectivity index (χ2n) is 12.9. The number of nitrogens with one attached hydrogen (secondary N) is 1. The van der Waals surface area contributed by atoms with Gasteiger partial charge in [0, 0.05) is 19.8 Å². The molecule has 2 aliphatic heterocycles. The Hall–Kier alpha value is -4.93. The Kier molecular flexibility index (Phi) is 10.1. The molecule has 3 heterocycles. The molecule has 0 bridgehead atoms. The number of likely N-dealkylation sites (tertiary alicyclic amines) is 2. The van der Waals surface area contributed by atoms with Crippen LogP contribution in [0.15, 0.2) is 72.9 Å². The van der Waals surface area contributed by atoms with Crippen molar-refractivity contribution in [3.05, 3.63) is 89.6 Å². The third-order valence-corrected chi connectivity index (χ3v) is 8.52. The first-order chi connectivity index (χ1) is 22.5. The van der Waals surface area contributed by atoms with Crippen LogP contribution >= 0.6 is 0 Å². The Balaban J connectivity index is 1.38. The Morgan fingerprint density at radius 3 is 2.38 bits per heavy atom. The number of β-lactam (4-membered cyclic amide) rings is 1. The summed E-state index contributed by atoms with van der Waals surface area (Å²) >= 11 is 0. The van der Waals surface area contributed by atoms with Gasteiger partial charge in [-0.1, -0.05) is 42.5 Å². The van der Waals surface area contributed by atoms with Crippen molar-refractivity contribution in [3.63, 3.8) is 0 Å². The third kappa shape index (κ3) is 7.56. The Morgan fingerprint density at radius 2 is 1.72 bits per heavy atom. The van der Waals surface area contributed by atoms with Crippen LogP contribution in [0.5, 0.6) is 5.75 Å². The van der Waals surface area contributed by atoms with Crippen molar-refractivity contribution in [2.45, 2.75) is 70.7 Å². The lowest BCUT2D eigenvalue weighted by molar-refractivity contribution is -0.158. The minimum Gasteiger partial charge on any atom is -0.497 e. The summed E-state index contributed by atoms with van der Waals surface area (Å²) in [6.07, 6.45) is 3.76. The topological polar surface area (TPSA) is 121 Å². The Morgan fingerprint density at radius 1 is 1.00 bits per heavy atom. The van der Waals surface area contributed by atoms with Crippen LogP contribution in [0, 0.1) is 5.92 Å². The van der Waals surface area contributed by atoms with E-state index < -0.39 is 41.5 Å². The lowest BCUT2D eigenvalue weighted by Crippen LogP contribution is -2.70. The van der Waals surface area contributed by atoms with Crippen LogP contribution in [0.2, 0.25) is 0 Å². The summed E-state index contributed by atoms with van der Waals surface area (Å²) in [7, 11) is 3.09. The summed E-state index contributed by atoms with van der Waals surface area (Å²) in [6, 6.07) is 19.0.